The molecule has 1 amide bonds. The van der Waals surface area contributed by atoms with Crippen LogP contribution < -0.4 is 5.32 Å². The third kappa shape index (κ3) is 4.30. The maximum atomic E-state index is 12.6. The van der Waals surface area contributed by atoms with E-state index in [-0.39, 0.29) is 11.3 Å². The van der Waals surface area contributed by atoms with E-state index in [1.54, 1.807) is 11.3 Å². The molecule has 7 heteroatoms. The van der Waals surface area contributed by atoms with Gasteiger partial charge in [-0.25, -0.2) is 0 Å². The van der Waals surface area contributed by atoms with Crippen molar-refractivity contribution in [1.82, 2.24) is 25.0 Å². The molecule has 1 fully saturated rings. The summed E-state index contributed by atoms with van der Waals surface area (Å²) in [5.74, 6) is 1.97. The van der Waals surface area contributed by atoms with Crippen molar-refractivity contribution in [3.05, 3.63) is 34.0 Å². The van der Waals surface area contributed by atoms with Gasteiger partial charge in [-0.3, -0.25) is 9.69 Å². The zero-order valence-electron chi connectivity index (χ0n) is 17.0. The predicted octanol–water partition coefficient (Wildman–Crippen LogP) is 3.34. The van der Waals surface area contributed by atoms with Gasteiger partial charge in [-0.1, -0.05) is 13.8 Å². The van der Waals surface area contributed by atoms with Gasteiger partial charge in [-0.05, 0) is 72.5 Å². The first-order valence-corrected chi connectivity index (χ1v) is 11.4. The number of hydrogen-bond acceptors (Lipinski definition) is 5. The molecule has 1 saturated heterocycles. The molecule has 1 spiro atoms. The van der Waals surface area contributed by atoms with Crippen LogP contribution in [0.15, 0.2) is 16.8 Å². The average Bonchev–Trinajstić information content (AvgIpc) is 3.33. The van der Waals surface area contributed by atoms with Crippen LogP contribution in [0.25, 0.3) is 0 Å². The van der Waals surface area contributed by atoms with E-state index in [1.807, 2.05) is 0 Å². The second-order valence-corrected chi connectivity index (χ2v) is 9.65. The van der Waals surface area contributed by atoms with E-state index in [4.69, 9.17) is 0 Å². The fraction of sp³-hybridized carbons (Fsp3) is 0.667. The largest absolute Gasteiger partial charge is 0.349 e. The number of nitrogens with one attached hydrogen (secondary N) is 1. The SMILES string of the molecule is CC(C)CCNC(=O)c1nnc2n1CC1(CC2)CCN(Cc2ccsc2)CC1. The lowest BCUT2D eigenvalue weighted by molar-refractivity contribution is 0.0618. The summed E-state index contributed by atoms with van der Waals surface area (Å²) < 4.78 is 2.10. The number of rotatable bonds is 6. The minimum absolute atomic E-state index is 0.0775. The number of carbonyl (C=O) groups excluding carboxylic acids is 1. The van der Waals surface area contributed by atoms with Crippen molar-refractivity contribution in [2.24, 2.45) is 11.3 Å². The smallest absolute Gasteiger partial charge is 0.289 e. The molecule has 152 valence electrons. The minimum Gasteiger partial charge on any atom is -0.349 e. The van der Waals surface area contributed by atoms with Crippen molar-refractivity contribution in [3.8, 4) is 0 Å². The van der Waals surface area contributed by atoms with Crippen LogP contribution in [0.5, 0.6) is 0 Å². The van der Waals surface area contributed by atoms with Crippen molar-refractivity contribution in [2.75, 3.05) is 19.6 Å². The molecule has 4 heterocycles. The summed E-state index contributed by atoms with van der Waals surface area (Å²) in [5, 5.41) is 16.0. The number of amides is 1. The highest BCUT2D eigenvalue weighted by Crippen LogP contribution is 2.41. The van der Waals surface area contributed by atoms with Crippen LogP contribution in [0.3, 0.4) is 0 Å². The molecule has 2 aliphatic heterocycles. The maximum Gasteiger partial charge on any atom is 0.289 e. The number of likely N-dealkylation sites (tertiary alicyclic amines) is 1. The van der Waals surface area contributed by atoms with Gasteiger partial charge in [0.05, 0.1) is 0 Å². The number of aromatic nitrogens is 3. The van der Waals surface area contributed by atoms with E-state index in [9.17, 15) is 4.79 Å². The summed E-state index contributed by atoms with van der Waals surface area (Å²) >= 11 is 1.77. The summed E-state index contributed by atoms with van der Waals surface area (Å²) in [5.41, 5.74) is 1.71. The predicted molar refractivity (Wildman–Crippen MR) is 111 cm³/mol. The van der Waals surface area contributed by atoms with Gasteiger partial charge >= 0.3 is 0 Å². The molecule has 2 aromatic rings. The zero-order chi connectivity index (χ0) is 19.6. The zero-order valence-corrected chi connectivity index (χ0v) is 17.8. The van der Waals surface area contributed by atoms with E-state index >= 15 is 0 Å². The van der Waals surface area contributed by atoms with Crippen LogP contribution in [0.1, 0.15) is 61.5 Å². The lowest BCUT2D eigenvalue weighted by Crippen LogP contribution is -2.44. The van der Waals surface area contributed by atoms with Crippen LogP contribution in [-0.2, 0) is 19.5 Å². The van der Waals surface area contributed by atoms with Gasteiger partial charge in [0.1, 0.15) is 5.82 Å². The Morgan fingerprint density at radius 1 is 1.29 bits per heavy atom. The summed E-state index contributed by atoms with van der Waals surface area (Å²) in [6.07, 6.45) is 5.44. The normalized spacial score (nSPS) is 19.1. The first-order valence-electron chi connectivity index (χ1n) is 10.5. The summed E-state index contributed by atoms with van der Waals surface area (Å²) in [7, 11) is 0. The Hall–Kier alpha value is -1.73. The average molecular weight is 402 g/mol. The monoisotopic (exact) mass is 401 g/mol. The Labute approximate surface area is 171 Å². The highest BCUT2D eigenvalue weighted by molar-refractivity contribution is 7.07. The Kier molecular flexibility index (Phi) is 5.83. The van der Waals surface area contributed by atoms with E-state index in [0.29, 0.717) is 18.3 Å². The van der Waals surface area contributed by atoms with E-state index in [2.05, 4.69) is 55.7 Å². The lowest BCUT2D eigenvalue weighted by Gasteiger charge is -2.44. The van der Waals surface area contributed by atoms with Crippen LogP contribution in [-0.4, -0.2) is 45.2 Å². The Balaban J connectivity index is 1.38. The maximum absolute atomic E-state index is 12.6. The molecule has 0 atom stereocenters. The van der Waals surface area contributed by atoms with Crippen LogP contribution in [0.4, 0.5) is 0 Å². The number of aryl methyl sites for hydroxylation is 1. The van der Waals surface area contributed by atoms with E-state index < -0.39 is 0 Å². The number of thiophene rings is 1. The van der Waals surface area contributed by atoms with Crippen molar-refractivity contribution >= 4 is 17.2 Å². The summed E-state index contributed by atoms with van der Waals surface area (Å²) in [6.45, 7) is 9.22. The van der Waals surface area contributed by atoms with Gasteiger partial charge in [0, 0.05) is 26.1 Å². The quantitative estimate of drug-likeness (QED) is 0.806. The molecule has 0 bridgehead atoms. The second kappa shape index (κ2) is 8.33. The number of piperidine rings is 1. The first-order chi connectivity index (χ1) is 13.5. The van der Waals surface area contributed by atoms with E-state index in [0.717, 1.165) is 51.3 Å². The molecule has 0 aromatic carbocycles. The van der Waals surface area contributed by atoms with Crippen LogP contribution in [0, 0.1) is 11.3 Å². The molecule has 28 heavy (non-hydrogen) atoms. The topological polar surface area (TPSA) is 63.1 Å². The van der Waals surface area contributed by atoms with E-state index in [1.165, 1.54) is 18.4 Å². The fourth-order valence-corrected chi connectivity index (χ4v) is 5.09. The Bertz CT molecular complexity index is 790. The summed E-state index contributed by atoms with van der Waals surface area (Å²) in [6, 6.07) is 2.23. The lowest BCUT2D eigenvalue weighted by atomic mass is 9.73. The minimum atomic E-state index is -0.0775. The van der Waals surface area contributed by atoms with Crippen molar-refractivity contribution in [3.63, 3.8) is 0 Å². The Morgan fingerprint density at radius 3 is 2.82 bits per heavy atom. The first kappa shape index (κ1) is 19.6. The van der Waals surface area contributed by atoms with Crippen LogP contribution >= 0.6 is 11.3 Å². The van der Waals surface area contributed by atoms with Crippen molar-refractivity contribution < 1.29 is 4.79 Å². The highest BCUT2D eigenvalue weighted by atomic mass is 32.1. The molecule has 0 radical (unpaired) electrons. The highest BCUT2D eigenvalue weighted by Gasteiger charge is 2.39. The van der Waals surface area contributed by atoms with Gasteiger partial charge in [0.2, 0.25) is 5.82 Å². The van der Waals surface area contributed by atoms with Gasteiger partial charge in [0.25, 0.3) is 5.91 Å². The molecule has 0 unspecified atom stereocenters. The third-order valence-corrected chi connectivity index (χ3v) is 7.05. The molecule has 0 saturated carbocycles. The molecule has 6 nitrogen and oxygen atoms in total. The summed E-state index contributed by atoms with van der Waals surface area (Å²) in [4.78, 5) is 15.2. The molecular weight excluding hydrogens is 370 g/mol. The third-order valence-electron chi connectivity index (χ3n) is 6.31. The van der Waals surface area contributed by atoms with Crippen molar-refractivity contribution in [1.29, 1.82) is 0 Å². The van der Waals surface area contributed by atoms with Gasteiger partial charge in [-0.15, -0.1) is 10.2 Å². The van der Waals surface area contributed by atoms with Crippen LogP contribution in [0.2, 0.25) is 0 Å². The molecule has 2 aliphatic rings. The molecule has 0 aliphatic carbocycles. The van der Waals surface area contributed by atoms with Gasteiger partial charge in [0.15, 0.2) is 0 Å². The standard InChI is InChI=1S/C21H31N5OS/c1-16(2)4-9-22-20(27)19-24-23-18-3-6-21(15-26(18)19)7-10-25(11-8-21)13-17-5-12-28-14-17/h5,12,14,16H,3-4,6-11,13,15H2,1-2H3,(H,22,27). The fourth-order valence-electron chi connectivity index (χ4n) is 4.43. The number of carbonyl (C=O) groups is 1. The van der Waals surface area contributed by atoms with Gasteiger partial charge in [-0.2, -0.15) is 11.3 Å². The molecule has 1 N–H and O–H groups in total. The molecule has 2 aromatic heterocycles. The number of fused-ring (bicyclic) bond motifs is 1. The molecule has 4 rings (SSSR count). The second-order valence-electron chi connectivity index (χ2n) is 8.87. The number of hydrogen-bond donors (Lipinski definition) is 1. The number of nitrogens with zero attached hydrogens (tertiary/aromatic N) is 4. The van der Waals surface area contributed by atoms with Crippen molar-refractivity contribution in [2.45, 2.75) is 59.0 Å². The Morgan fingerprint density at radius 2 is 2.11 bits per heavy atom. The van der Waals surface area contributed by atoms with Gasteiger partial charge < -0.3 is 9.88 Å². The molecular formula is C21H31N5OS.